The second-order valence-electron chi connectivity index (χ2n) is 8.94. The van der Waals surface area contributed by atoms with Crippen molar-refractivity contribution < 1.29 is 39.6 Å². The molecule has 0 aromatic heterocycles. The zero-order valence-electron chi connectivity index (χ0n) is 17.6. The maximum atomic E-state index is 13.6. The van der Waals surface area contributed by atoms with Crippen LogP contribution in [0.2, 0.25) is 0 Å². The number of hydrogen-bond donors (Lipinski definition) is 5. The van der Waals surface area contributed by atoms with E-state index in [-0.39, 0.29) is 11.3 Å². The van der Waals surface area contributed by atoms with E-state index in [0.717, 1.165) is 0 Å². The van der Waals surface area contributed by atoms with Gasteiger partial charge in [-0.1, -0.05) is 19.1 Å². The Kier molecular flexibility index (Phi) is 4.81. The van der Waals surface area contributed by atoms with Crippen LogP contribution in [-0.2, 0) is 19.2 Å². The van der Waals surface area contributed by atoms with E-state index in [1.807, 2.05) is 0 Å². The van der Waals surface area contributed by atoms with Crippen molar-refractivity contribution in [2.75, 3.05) is 14.1 Å². The Morgan fingerprint density at radius 1 is 1.16 bits per heavy atom. The van der Waals surface area contributed by atoms with Gasteiger partial charge in [-0.2, -0.15) is 0 Å². The third-order valence-corrected chi connectivity index (χ3v) is 7.13. The van der Waals surface area contributed by atoms with Crippen LogP contribution in [0.3, 0.4) is 0 Å². The van der Waals surface area contributed by atoms with E-state index >= 15 is 0 Å². The summed E-state index contributed by atoms with van der Waals surface area (Å²) >= 11 is 0. The third kappa shape index (κ3) is 2.51. The number of phenolic OH excluding ortho intramolecular Hbond substituents is 1. The number of rotatable bonds is 2. The fraction of sp³-hybridized carbons (Fsp3) is 0.455. The molecule has 0 spiro atoms. The van der Waals surface area contributed by atoms with Gasteiger partial charge in [0, 0.05) is 11.5 Å². The molecule has 0 saturated heterocycles. The number of Topliss-reactive ketones (excluding diaryl/α,β-unsaturated/α-hetero) is 3. The highest BCUT2D eigenvalue weighted by atomic mass is 16.3. The molecule has 0 radical (unpaired) electrons. The van der Waals surface area contributed by atoms with Crippen LogP contribution in [0.1, 0.15) is 24.0 Å². The van der Waals surface area contributed by atoms with Gasteiger partial charge in [0.2, 0.25) is 11.7 Å². The van der Waals surface area contributed by atoms with Gasteiger partial charge in [-0.15, -0.1) is 0 Å². The molecule has 0 aliphatic heterocycles. The molecule has 170 valence electrons. The highest BCUT2D eigenvalue weighted by molar-refractivity contribution is 6.32. The number of carbonyl (C=O) groups is 4. The number of aliphatic hydroxyl groups is 3. The monoisotopic (exact) mass is 444 g/mol. The molecule has 2 saturated carbocycles. The number of nitrogens with two attached hydrogens (primary N) is 1. The van der Waals surface area contributed by atoms with Crippen molar-refractivity contribution in [1.29, 1.82) is 0 Å². The van der Waals surface area contributed by atoms with Crippen molar-refractivity contribution in [3.63, 3.8) is 0 Å². The molecule has 3 aliphatic rings. The smallest absolute Gasteiger partial charge is 0.235 e. The van der Waals surface area contributed by atoms with Crippen LogP contribution in [0.25, 0.3) is 5.76 Å². The van der Waals surface area contributed by atoms with Crippen LogP contribution < -0.4 is 5.73 Å². The van der Waals surface area contributed by atoms with Gasteiger partial charge < -0.3 is 26.2 Å². The van der Waals surface area contributed by atoms with Gasteiger partial charge in [0.15, 0.2) is 23.1 Å². The molecule has 10 nitrogen and oxygen atoms in total. The molecular weight excluding hydrogens is 420 g/mol. The van der Waals surface area contributed by atoms with E-state index < -0.39 is 76.0 Å². The Labute approximate surface area is 182 Å². The largest absolute Gasteiger partial charge is 0.507 e. The van der Waals surface area contributed by atoms with E-state index in [0.29, 0.717) is 5.56 Å². The number of aromatic hydroxyl groups is 1. The Morgan fingerprint density at radius 2 is 1.78 bits per heavy atom. The molecule has 1 aromatic rings. The normalized spacial score (nSPS) is 36.6. The lowest BCUT2D eigenvalue weighted by atomic mass is 9.52. The predicted octanol–water partition coefficient (Wildman–Crippen LogP) is -1.13. The van der Waals surface area contributed by atoms with Crippen LogP contribution in [0, 0.1) is 17.8 Å². The summed E-state index contributed by atoms with van der Waals surface area (Å²) in [6.07, 6.45) is -1.62. The summed E-state index contributed by atoms with van der Waals surface area (Å²) in [6.45, 7) is 1.67. The molecule has 1 amide bonds. The van der Waals surface area contributed by atoms with Crippen molar-refractivity contribution in [2.24, 2.45) is 23.5 Å². The van der Waals surface area contributed by atoms with Crippen molar-refractivity contribution in [3.8, 4) is 5.75 Å². The number of fused-ring (bicyclic) bond motifs is 3. The fourth-order valence-electron chi connectivity index (χ4n) is 5.72. The summed E-state index contributed by atoms with van der Waals surface area (Å²) in [7, 11) is 2.91. The summed E-state index contributed by atoms with van der Waals surface area (Å²) in [5.41, 5.74) is 2.28. The van der Waals surface area contributed by atoms with Crippen LogP contribution in [0.15, 0.2) is 23.8 Å². The minimum absolute atomic E-state index is 0.0382. The maximum absolute atomic E-state index is 13.6. The standard InChI is InChI=1S/C22H24N2O8/c1-7-8-5-4-6-9(25)11(8)16(26)12-10(7)17(27)14-15(24(2)3)18(28)13(21(23)31)20(30)22(14,32)19(12)29/h4-7,10,13-15,17,25-27,32H,1-3H3,(H2,23,31)/t7-,10+,13?,14+,15-,17-,22-/m0/s1. The lowest BCUT2D eigenvalue weighted by molar-refractivity contribution is -0.187. The van der Waals surface area contributed by atoms with Crippen LogP contribution in [0.5, 0.6) is 5.75 Å². The first-order chi connectivity index (χ1) is 14.9. The van der Waals surface area contributed by atoms with Crippen LogP contribution in [-0.4, -0.2) is 80.4 Å². The van der Waals surface area contributed by atoms with E-state index in [1.165, 1.54) is 25.1 Å². The molecule has 1 aromatic carbocycles. The SMILES string of the molecule is C[C@H]1c2cccc(O)c2C(O)=C2C(=O)[C@]3(O)C(=O)C(C(N)=O)C(=O)[C@@H](N(C)C)[C@@H]3[C@@H](O)[C@@H]21. The first kappa shape index (κ1) is 22.1. The van der Waals surface area contributed by atoms with Crippen LogP contribution >= 0.6 is 0 Å². The van der Waals surface area contributed by atoms with Gasteiger partial charge in [0.25, 0.3) is 0 Å². The second kappa shape index (κ2) is 6.96. The Bertz CT molecular complexity index is 1110. The van der Waals surface area contributed by atoms with E-state index in [9.17, 15) is 39.6 Å². The van der Waals surface area contributed by atoms with E-state index in [2.05, 4.69) is 0 Å². The van der Waals surface area contributed by atoms with Crippen molar-refractivity contribution in [1.82, 2.24) is 4.90 Å². The minimum Gasteiger partial charge on any atom is -0.507 e. The van der Waals surface area contributed by atoms with Gasteiger partial charge in [-0.25, -0.2) is 0 Å². The number of carbonyl (C=O) groups excluding carboxylic acids is 4. The summed E-state index contributed by atoms with van der Waals surface area (Å²) in [6, 6.07) is 3.11. The molecule has 1 unspecified atom stereocenters. The van der Waals surface area contributed by atoms with Crippen LogP contribution in [0.4, 0.5) is 0 Å². The average molecular weight is 444 g/mol. The van der Waals surface area contributed by atoms with E-state index in [4.69, 9.17) is 5.73 Å². The second-order valence-corrected chi connectivity index (χ2v) is 8.94. The molecule has 0 bridgehead atoms. The lowest BCUT2D eigenvalue weighted by Gasteiger charge is -2.54. The molecule has 10 heteroatoms. The molecule has 2 fully saturated rings. The first-order valence-corrected chi connectivity index (χ1v) is 10.1. The maximum Gasteiger partial charge on any atom is 0.235 e. The number of hydrogen-bond acceptors (Lipinski definition) is 9. The topological polar surface area (TPSA) is 178 Å². The zero-order valence-corrected chi connectivity index (χ0v) is 17.6. The van der Waals surface area contributed by atoms with Gasteiger partial charge in [0.05, 0.1) is 23.6 Å². The number of nitrogens with zero attached hydrogens (tertiary/aromatic N) is 1. The highest BCUT2D eigenvalue weighted by Gasteiger charge is 2.71. The molecule has 7 atom stereocenters. The third-order valence-electron chi connectivity index (χ3n) is 7.13. The van der Waals surface area contributed by atoms with E-state index in [1.54, 1.807) is 19.1 Å². The number of ketones is 3. The average Bonchev–Trinajstić information content (AvgIpc) is 2.70. The van der Waals surface area contributed by atoms with Gasteiger partial charge in [0.1, 0.15) is 11.5 Å². The number of likely N-dealkylation sites (N-methyl/N-ethyl adjacent to an activating group) is 1. The molecule has 3 aliphatic carbocycles. The number of aliphatic hydroxyl groups excluding tert-OH is 2. The van der Waals surface area contributed by atoms with Crippen molar-refractivity contribution >= 4 is 29.0 Å². The predicted molar refractivity (Wildman–Crippen MR) is 109 cm³/mol. The van der Waals surface area contributed by atoms with Gasteiger partial charge in [-0.3, -0.25) is 24.1 Å². The summed E-state index contributed by atoms with van der Waals surface area (Å²) in [5, 5.41) is 44.1. The highest BCUT2D eigenvalue weighted by Crippen LogP contribution is 2.55. The minimum atomic E-state index is -2.97. The molecule has 4 rings (SSSR count). The molecule has 0 heterocycles. The fourth-order valence-corrected chi connectivity index (χ4v) is 5.72. The van der Waals surface area contributed by atoms with Crippen molar-refractivity contribution in [3.05, 3.63) is 34.9 Å². The number of primary amides is 1. The molecule has 6 N–H and O–H groups in total. The van der Waals surface area contributed by atoms with Gasteiger partial charge >= 0.3 is 0 Å². The number of benzene rings is 1. The summed E-state index contributed by atoms with van der Waals surface area (Å²) in [4.78, 5) is 53.1. The quantitative estimate of drug-likeness (QED) is 0.353. The lowest BCUT2D eigenvalue weighted by Crippen LogP contribution is -2.75. The Hall–Kier alpha value is -3.08. The van der Waals surface area contributed by atoms with Gasteiger partial charge in [-0.05, 0) is 31.6 Å². The number of amides is 1. The van der Waals surface area contributed by atoms with Crippen molar-refractivity contribution in [2.45, 2.75) is 30.6 Å². The zero-order chi connectivity index (χ0) is 23.9. The number of phenols is 1. The Morgan fingerprint density at radius 3 is 2.34 bits per heavy atom. The Balaban J connectivity index is 2.02. The summed E-state index contributed by atoms with van der Waals surface area (Å²) < 4.78 is 0. The molecule has 32 heavy (non-hydrogen) atoms. The first-order valence-electron chi connectivity index (χ1n) is 10.1. The summed E-state index contributed by atoms with van der Waals surface area (Å²) in [5.74, 6) is -11.2. The molecular formula is C22H24N2O8.